The summed E-state index contributed by atoms with van der Waals surface area (Å²) in [4.78, 5) is 4.42. The van der Waals surface area contributed by atoms with Gasteiger partial charge in [-0.2, -0.15) is 0 Å². The summed E-state index contributed by atoms with van der Waals surface area (Å²) in [6, 6.07) is 14.9. The molecule has 0 fully saturated rings. The highest BCUT2D eigenvalue weighted by molar-refractivity contribution is 5.24. The van der Waals surface area contributed by atoms with E-state index in [9.17, 15) is 0 Å². The fraction of sp³-hybridized carbons (Fsp3) is 0.353. The molecule has 2 aromatic rings. The standard InChI is InChI=1S/C17H22N2O/c1-4-16(14-10-8-13(2)9-11-14)18-12-15-6-5-7-17(19-15)20-3/h5-11,16,18H,4,12H2,1-3H3. The molecule has 1 N–H and O–H groups in total. The molecular weight excluding hydrogens is 248 g/mol. The monoisotopic (exact) mass is 270 g/mol. The van der Waals surface area contributed by atoms with Gasteiger partial charge in [0.1, 0.15) is 0 Å². The lowest BCUT2D eigenvalue weighted by molar-refractivity contribution is 0.394. The second-order valence-corrected chi connectivity index (χ2v) is 4.92. The van der Waals surface area contributed by atoms with Crippen molar-refractivity contribution in [1.82, 2.24) is 10.3 Å². The lowest BCUT2D eigenvalue weighted by Crippen LogP contribution is -2.20. The number of nitrogens with zero attached hydrogens (tertiary/aromatic N) is 1. The fourth-order valence-corrected chi connectivity index (χ4v) is 2.19. The number of methoxy groups -OCH3 is 1. The number of nitrogens with one attached hydrogen (secondary N) is 1. The Morgan fingerprint density at radius 3 is 2.55 bits per heavy atom. The summed E-state index contributed by atoms with van der Waals surface area (Å²) < 4.78 is 5.15. The third-order valence-corrected chi connectivity index (χ3v) is 3.41. The summed E-state index contributed by atoms with van der Waals surface area (Å²) in [5.41, 5.74) is 3.61. The van der Waals surface area contributed by atoms with E-state index in [-0.39, 0.29) is 0 Å². The lowest BCUT2D eigenvalue weighted by atomic mass is 10.0. The van der Waals surface area contributed by atoms with Crippen molar-refractivity contribution in [3.05, 3.63) is 59.3 Å². The quantitative estimate of drug-likeness (QED) is 0.870. The zero-order valence-corrected chi connectivity index (χ0v) is 12.4. The number of aromatic nitrogens is 1. The largest absolute Gasteiger partial charge is 0.481 e. The lowest BCUT2D eigenvalue weighted by Gasteiger charge is -2.17. The second kappa shape index (κ2) is 7.06. The van der Waals surface area contributed by atoms with Crippen LogP contribution in [0.3, 0.4) is 0 Å². The van der Waals surface area contributed by atoms with Crippen molar-refractivity contribution in [3.63, 3.8) is 0 Å². The zero-order valence-electron chi connectivity index (χ0n) is 12.4. The van der Waals surface area contributed by atoms with E-state index >= 15 is 0 Å². The van der Waals surface area contributed by atoms with Gasteiger partial charge in [-0.1, -0.05) is 42.8 Å². The van der Waals surface area contributed by atoms with Gasteiger partial charge in [0.25, 0.3) is 0 Å². The van der Waals surface area contributed by atoms with Gasteiger partial charge >= 0.3 is 0 Å². The summed E-state index contributed by atoms with van der Waals surface area (Å²) in [7, 11) is 1.64. The number of hydrogen-bond acceptors (Lipinski definition) is 3. The van der Waals surface area contributed by atoms with Crippen LogP contribution >= 0.6 is 0 Å². The minimum absolute atomic E-state index is 0.351. The summed E-state index contributed by atoms with van der Waals surface area (Å²) in [6.45, 7) is 5.04. The average Bonchev–Trinajstić information content (AvgIpc) is 2.50. The smallest absolute Gasteiger partial charge is 0.213 e. The molecule has 0 aliphatic carbocycles. The van der Waals surface area contributed by atoms with E-state index in [0.29, 0.717) is 11.9 Å². The Balaban J connectivity index is 2.01. The van der Waals surface area contributed by atoms with Gasteiger partial charge < -0.3 is 10.1 Å². The number of pyridine rings is 1. The summed E-state index contributed by atoms with van der Waals surface area (Å²) in [6.07, 6.45) is 1.05. The van der Waals surface area contributed by atoms with Crippen molar-refractivity contribution in [1.29, 1.82) is 0 Å². The third kappa shape index (κ3) is 3.81. The molecule has 0 saturated carbocycles. The van der Waals surface area contributed by atoms with Gasteiger partial charge in [-0.05, 0) is 25.0 Å². The van der Waals surface area contributed by atoms with Gasteiger partial charge in [0, 0.05) is 18.7 Å². The molecular formula is C17H22N2O. The van der Waals surface area contributed by atoms with Crippen LogP contribution in [0.1, 0.15) is 36.2 Å². The first-order chi connectivity index (χ1) is 9.72. The van der Waals surface area contributed by atoms with Crippen LogP contribution in [0.25, 0.3) is 0 Å². The highest BCUT2D eigenvalue weighted by Gasteiger charge is 2.08. The molecule has 0 aliphatic heterocycles. The van der Waals surface area contributed by atoms with Crippen LogP contribution in [0.2, 0.25) is 0 Å². The molecule has 0 radical (unpaired) electrons. The predicted octanol–water partition coefficient (Wildman–Crippen LogP) is 3.64. The Kier molecular flexibility index (Phi) is 5.13. The van der Waals surface area contributed by atoms with Gasteiger partial charge in [-0.25, -0.2) is 4.98 Å². The molecule has 0 spiro atoms. The van der Waals surface area contributed by atoms with Crippen molar-refractivity contribution in [2.75, 3.05) is 7.11 Å². The van der Waals surface area contributed by atoms with Gasteiger partial charge in [-0.3, -0.25) is 0 Å². The van der Waals surface area contributed by atoms with E-state index in [0.717, 1.165) is 18.7 Å². The highest BCUT2D eigenvalue weighted by atomic mass is 16.5. The van der Waals surface area contributed by atoms with Crippen molar-refractivity contribution >= 4 is 0 Å². The maximum Gasteiger partial charge on any atom is 0.213 e. The van der Waals surface area contributed by atoms with Crippen LogP contribution in [0.15, 0.2) is 42.5 Å². The summed E-state index contributed by atoms with van der Waals surface area (Å²) in [5.74, 6) is 0.660. The van der Waals surface area contributed by atoms with Gasteiger partial charge in [-0.15, -0.1) is 0 Å². The SMILES string of the molecule is CCC(NCc1cccc(OC)n1)c1ccc(C)cc1. The van der Waals surface area contributed by atoms with Gasteiger partial charge in [0.2, 0.25) is 5.88 Å². The molecule has 3 nitrogen and oxygen atoms in total. The normalized spacial score (nSPS) is 12.2. The Morgan fingerprint density at radius 1 is 1.15 bits per heavy atom. The minimum Gasteiger partial charge on any atom is -0.481 e. The molecule has 106 valence electrons. The Morgan fingerprint density at radius 2 is 1.90 bits per heavy atom. The van der Waals surface area contributed by atoms with E-state index in [1.807, 2.05) is 18.2 Å². The molecule has 0 aliphatic rings. The van der Waals surface area contributed by atoms with E-state index in [2.05, 4.69) is 48.4 Å². The molecule has 1 atom stereocenters. The number of ether oxygens (including phenoxy) is 1. The van der Waals surface area contributed by atoms with Crippen LogP contribution in [-0.4, -0.2) is 12.1 Å². The van der Waals surface area contributed by atoms with Crippen molar-refractivity contribution in [3.8, 4) is 5.88 Å². The number of aryl methyl sites for hydroxylation is 1. The number of rotatable bonds is 6. The molecule has 20 heavy (non-hydrogen) atoms. The summed E-state index contributed by atoms with van der Waals surface area (Å²) in [5, 5.41) is 3.55. The Hall–Kier alpha value is -1.87. The first kappa shape index (κ1) is 14.5. The Bertz CT molecular complexity index is 537. The van der Waals surface area contributed by atoms with Crippen molar-refractivity contribution in [2.24, 2.45) is 0 Å². The Labute approximate surface area is 121 Å². The number of benzene rings is 1. The van der Waals surface area contributed by atoms with Crippen molar-refractivity contribution in [2.45, 2.75) is 32.9 Å². The van der Waals surface area contributed by atoms with Crippen LogP contribution in [-0.2, 0) is 6.54 Å². The minimum atomic E-state index is 0.351. The van der Waals surface area contributed by atoms with E-state index in [4.69, 9.17) is 4.74 Å². The second-order valence-electron chi connectivity index (χ2n) is 4.92. The summed E-state index contributed by atoms with van der Waals surface area (Å²) >= 11 is 0. The topological polar surface area (TPSA) is 34.1 Å². The molecule has 0 saturated heterocycles. The predicted molar refractivity (Wildman–Crippen MR) is 81.8 cm³/mol. The van der Waals surface area contributed by atoms with E-state index in [1.54, 1.807) is 7.11 Å². The molecule has 1 heterocycles. The molecule has 1 aromatic heterocycles. The molecule has 1 aromatic carbocycles. The molecule has 3 heteroatoms. The van der Waals surface area contributed by atoms with Gasteiger partial charge in [0.05, 0.1) is 12.8 Å². The number of hydrogen-bond donors (Lipinski definition) is 1. The maximum absolute atomic E-state index is 5.15. The van der Waals surface area contributed by atoms with Gasteiger partial charge in [0.15, 0.2) is 0 Å². The third-order valence-electron chi connectivity index (χ3n) is 3.41. The zero-order chi connectivity index (χ0) is 14.4. The highest BCUT2D eigenvalue weighted by Crippen LogP contribution is 2.18. The molecule has 0 amide bonds. The van der Waals surface area contributed by atoms with Crippen LogP contribution < -0.4 is 10.1 Å². The van der Waals surface area contributed by atoms with Crippen LogP contribution in [0.5, 0.6) is 5.88 Å². The maximum atomic E-state index is 5.15. The average molecular weight is 270 g/mol. The van der Waals surface area contributed by atoms with Crippen molar-refractivity contribution < 1.29 is 4.74 Å². The van der Waals surface area contributed by atoms with Crippen LogP contribution in [0, 0.1) is 6.92 Å². The first-order valence-corrected chi connectivity index (χ1v) is 7.02. The fourth-order valence-electron chi connectivity index (χ4n) is 2.19. The first-order valence-electron chi connectivity index (χ1n) is 7.02. The molecule has 1 unspecified atom stereocenters. The molecule has 2 rings (SSSR count). The van der Waals surface area contributed by atoms with Crippen LogP contribution in [0.4, 0.5) is 0 Å². The van der Waals surface area contributed by atoms with E-state index < -0.39 is 0 Å². The van der Waals surface area contributed by atoms with E-state index in [1.165, 1.54) is 11.1 Å². The molecule has 0 bridgehead atoms.